The Bertz CT molecular complexity index is 990. The van der Waals surface area contributed by atoms with Crippen molar-refractivity contribution in [2.75, 3.05) is 13.2 Å². The number of hydrogen-bond acceptors (Lipinski definition) is 5. The minimum Gasteiger partial charge on any atom is -0.466 e. The van der Waals surface area contributed by atoms with E-state index in [2.05, 4.69) is 19.2 Å². The molecule has 1 amide bonds. The molecular formula is C63H125NO5. The van der Waals surface area contributed by atoms with Crippen LogP contribution in [0.4, 0.5) is 0 Å². The lowest BCUT2D eigenvalue weighted by molar-refractivity contribution is -0.143. The van der Waals surface area contributed by atoms with Crippen LogP contribution in [0.5, 0.6) is 0 Å². The van der Waals surface area contributed by atoms with Crippen molar-refractivity contribution in [1.82, 2.24) is 5.32 Å². The number of unbranched alkanes of at least 4 members (excludes halogenated alkanes) is 49. The molecule has 0 aromatic heterocycles. The molecule has 6 heteroatoms. The van der Waals surface area contributed by atoms with Crippen LogP contribution in [0.1, 0.15) is 367 Å². The van der Waals surface area contributed by atoms with Gasteiger partial charge in [0, 0.05) is 12.8 Å². The summed E-state index contributed by atoms with van der Waals surface area (Å²) in [5.74, 6) is -0.0276. The molecule has 0 spiro atoms. The maximum atomic E-state index is 12.5. The molecule has 6 nitrogen and oxygen atoms in total. The molecule has 2 unspecified atom stereocenters. The van der Waals surface area contributed by atoms with Crippen molar-refractivity contribution >= 4 is 11.9 Å². The van der Waals surface area contributed by atoms with E-state index in [1.54, 1.807) is 0 Å². The molecule has 0 aliphatic rings. The summed E-state index contributed by atoms with van der Waals surface area (Å²) in [6.45, 7) is 4.98. The van der Waals surface area contributed by atoms with E-state index in [-0.39, 0.29) is 18.5 Å². The molecule has 0 radical (unpaired) electrons. The molecule has 0 fully saturated rings. The Morgan fingerprint density at radius 1 is 0.348 bits per heavy atom. The molecule has 0 saturated heterocycles. The smallest absolute Gasteiger partial charge is 0.305 e. The van der Waals surface area contributed by atoms with Crippen LogP contribution in [0.25, 0.3) is 0 Å². The van der Waals surface area contributed by atoms with Crippen molar-refractivity contribution in [3.63, 3.8) is 0 Å². The summed E-state index contributed by atoms with van der Waals surface area (Å²) in [4.78, 5) is 24.5. The Morgan fingerprint density at radius 3 is 0.884 bits per heavy atom. The zero-order valence-corrected chi connectivity index (χ0v) is 47.1. The van der Waals surface area contributed by atoms with Gasteiger partial charge in [0.05, 0.1) is 25.4 Å². The fourth-order valence-corrected chi connectivity index (χ4v) is 10.3. The Hall–Kier alpha value is -1.14. The maximum Gasteiger partial charge on any atom is 0.305 e. The highest BCUT2D eigenvalue weighted by Gasteiger charge is 2.20. The molecule has 3 N–H and O–H groups in total. The molecule has 0 bridgehead atoms. The van der Waals surface area contributed by atoms with Gasteiger partial charge in [-0.05, 0) is 25.7 Å². The second-order valence-electron chi connectivity index (χ2n) is 22.1. The molecule has 0 heterocycles. The lowest BCUT2D eigenvalue weighted by Crippen LogP contribution is -2.45. The van der Waals surface area contributed by atoms with Crippen LogP contribution < -0.4 is 5.32 Å². The number of rotatable bonds is 60. The summed E-state index contributed by atoms with van der Waals surface area (Å²) >= 11 is 0. The fourth-order valence-electron chi connectivity index (χ4n) is 10.3. The van der Waals surface area contributed by atoms with Gasteiger partial charge in [0.2, 0.25) is 5.91 Å². The molecule has 0 aliphatic heterocycles. The van der Waals surface area contributed by atoms with Gasteiger partial charge in [-0.3, -0.25) is 9.59 Å². The van der Waals surface area contributed by atoms with Crippen LogP contribution in [-0.4, -0.2) is 47.4 Å². The van der Waals surface area contributed by atoms with E-state index in [1.165, 1.54) is 295 Å². The van der Waals surface area contributed by atoms with Crippen molar-refractivity contribution in [3.05, 3.63) is 0 Å². The first kappa shape index (κ1) is 67.9. The number of esters is 1. The van der Waals surface area contributed by atoms with Crippen LogP contribution in [0.3, 0.4) is 0 Å². The van der Waals surface area contributed by atoms with E-state index >= 15 is 0 Å². The molecule has 0 aromatic rings. The number of hydrogen-bond donors (Lipinski definition) is 3. The fraction of sp³-hybridized carbons (Fsp3) is 0.968. The molecular weight excluding hydrogens is 851 g/mol. The second kappa shape index (κ2) is 59.4. The largest absolute Gasteiger partial charge is 0.466 e. The maximum absolute atomic E-state index is 12.5. The number of amides is 1. The van der Waals surface area contributed by atoms with Crippen LogP contribution in [0.2, 0.25) is 0 Å². The SMILES string of the molecule is CCCCCCCCCCCCCCCCCCCCCCCCCC(O)C(CO)NC(=O)CCCCCCCCCCCCCCCCCCCOC(=O)CCCCCCCCCCCCCC. The lowest BCUT2D eigenvalue weighted by Gasteiger charge is -2.22. The van der Waals surface area contributed by atoms with Gasteiger partial charge in [0.15, 0.2) is 0 Å². The van der Waals surface area contributed by atoms with Crippen LogP contribution in [0.15, 0.2) is 0 Å². The molecule has 0 rings (SSSR count). The Kier molecular flexibility index (Phi) is 58.4. The van der Waals surface area contributed by atoms with Crippen molar-refractivity contribution in [3.8, 4) is 0 Å². The van der Waals surface area contributed by atoms with Crippen molar-refractivity contribution in [1.29, 1.82) is 0 Å². The normalized spacial score (nSPS) is 12.5. The highest BCUT2D eigenvalue weighted by molar-refractivity contribution is 5.76. The predicted octanol–water partition coefficient (Wildman–Crippen LogP) is 19.9. The number of ether oxygens (including phenoxy) is 1. The van der Waals surface area contributed by atoms with Gasteiger partial charge in [-0.1, -0.05) is 328 Å². The van der Waals surface area contributed by atoms with Gasteiger partial charge in [0.25, 0.3) is 0 Å². The first-order valence-electron chi connectivity index (χ1n) is 31.8. The second-order valence-corrected chi connectivity index (χ2v) is 22.1. The first-order chi connectivity index (χ1) is 34.0. The van der Waals surface area contributed by atoms with E-state index in [4.69, 9.17) is 4.74 Å². The van der Waals surface area contributed by atoms with Crippen molar-refractivity contribution in [2.45, 2.75) is 379 Å². The summed E-state index contributed by atoms with van der Waals surface area (Å²) in [7, 11) is 0. The van der Waals surface area contributed by atoms with Gasteiger partial charge in [0.1, 0.15) is 0 Å². The predicted molar refractivity (Wildman–Crippen MR) is 301 cm³/mol. The van der Waals surface area contributed by atoms with Gasteiger partial charge >= 0.3 is 5.97 Å². The standard InChI is InChI=1S/C63H125NO5/c1-3-5-7-9-11-13-15-17-18-19-20-21-22-23-24-26-29-32-35-39-43-47-51-55-61(66)60(59-65)64-62(67)56-52-48-44-40-36-33-30-27-25-28-31-34-38-42-46-50-54-58-69-63(68)57-53-49-45-41-37-16-14-12-10-8-6-4-2/h60-61,65-66H,3-59H2,1-2H3,(H,64,67). The molecule has 69 heavy (non-hydrogen) atoms. The zero-order chi connectivity index (χ0) is 50.0. The van der Waals surface area contributed by atoms with E-state index in [9.17, 15) is 19.8 Å². The van der Waals surface area contributed by atoms with Gasteiger partial charge in [-0.2, -0.15) is 0 Å². The molecule has 412 valence electrons. The van der Waals surface area contributed by atoms with Crippen LogP contribution in [0, 0.1) is 0 Å². The van der Waals surface area contributed by atoms with Gasteiger partial charge in [-0.15, -0.1) is 0 Å². The molecule has 0 aromatic carbocycles. The minimum absolute atomic E-state index is 0.00753. The third kappa shape index (κ3) is 56.0. The monoisotopic (exact) mass is 976 g/mol. The lowest BCUT2D eigenvalue weighted by atomic mass is 10.0. The Labute approximate surface area is 432 Å². The number of aliphatic hydroxyl groups is 2. The average molecular weight is 977 g/mol. The quantitative estimate of drug-likeness (QED) is 0.0417. The highest BCUT2D eigenvalue weighted by atomic mass is 16.5. The number of nitrogens with one attached hydrogen (secondary N) is 1. The summed E-state index contributed by atoms with van der Waals surface area (Å²) in [5.41, 5.74) is 0. The number of carbonyl (C=O) groups excluding carboxylic acids is 2. The van der Waals surface area contributed by atoms with E-state index in [1.807, 2.05) is 0 Å². The van der Waals surface area contributed by atoms with E-state index in [0.29, 0.717) is 25.9 Å². The summed E-state index contributed by atoms with van der Waals surface area (Å²) in [6.07, 6.45) is 69.7. The first-order valence-corrected chi connectivity index (χ1v) is 31.8. The van der Waals surface area contributed by atoms with E-state index < -0.39 is 12.1 Å². The summed E-state index contributed by atoms with van der Waals surface area (Å²) < 4.78 is 5.47. The highest BCUT2D eigenvalue weighted by Crippen LogP contribution is 2.19. The molecule has 2 atom stereocenters. The topological polar surface area (TPSA) is 95.9 Å². The third-order valence-corrected chi connectivity index (χ3v) is 15.2. The zero-order valence-electron chi connectivity index (χ0n) is 47.1. The molecule has 0 aliphatic carbocycles. The Balaban J connectivity index is 3.40. The number of aliphatic hydroxyl groups excluding tert-OH is 2. The summed E-state index contributed by atoms with van der Waals surface area (Å²) in [6, 6.07) is -0.545. The van der Waals surface area contributed by atoms with Gasteiger partial charge in [-0.25, -0.2) is 0 Å². The van der Waals surface area contributed by atoms with Crippen molar-refractivity contribution < 1.29 is 24.5 Å². The minimum atomic E-state index is -0.668. The number of carbonyl (C=O) groups is 2. The molecule has 0 saturated carbocycles. The third-order valence-electron chi connectivity index (χ3n) is 15.2. The van der Waals surface area contributed by atoms with Crippen molar-refractivity contribution in [2.24, 2.45) is 0 Å². The van der Waals surface area contributed by atoms with E-state index in [0.717, 1.165) is 38.5 Å². The average Bonchev–Trinajstić information content (AvgIpc) is 3.35. The van der Waals surface area contributed by atoms with Crippen LogP contribution in [-0.2, 0) is 14.3 Å². The Morgan fingerprint density at radius 2 is 0.594 bits per heavy atom. The van der Waals surface area contributed by atoms with Gasteiger partial charge < -0.3 is 20.3 Å². The van der Waals surface area contributed by atoms with Crippen LogP contribution >= 0.6 is 0 Å². The summed E-state index contributed by atoms with van der Waals surface area (Å²) in [5, 5.41) is 23.4.